The van der Waals surface area contributed by atoms with E-state index in [-0.39, 0.29) is 43.0 Å². The molecule has 0 fully saturated rings. The second-order valence-electron chi connectivity index (χ2n) is 3.82. The second-order valence-corrected chi connectivity index (χ2v) is 3.82. The van der Waals surface area contributed by atoms with Gasteiger partial charge in [-0.1, -0.05) is 24.3 Å². The average molecular weight is 467 g/mol. The molecule has 4 N–H and O–H groups in total. The third-order valence-corrected chi connectivity index (χ3v) is 2.27. The summed E-state index contributed by atoms with van der Waals surface area (Å²) in [6.07, 6.45) is 0. The van der Waals surface area contributed by atoms with Crippen LogP contribution in [-0.4, -0.2) is 32.4 Å². The zero-order valence-electron chi connectivity index (χ0n) is 13.2. The van der Waals surface area contributed by atoms with E-state index < -0.39 is 11.9 Å². The first-order chi connectivity index (χ1) is 12.3. The molecular formula is C14H12N6O6Pd. The Morgan fingerprint density at radius 3 is 1.04 bits per heavy atom. The van der Waals surface area contributed by atoms with Crippen LogP contribution in [0, 0.1) is 0 Å². The number of benzene rings is 2. The summed E-state index contributed by atoms with van der Waals surface area (Å²) in [6, 6.07) is 11.6. The van der Waals surface area contributed by atoms with Crippen molar-refractivity contribution in [2.24, 2.45) is 0 Å². The van der Waals surface area contributed by atoms with Crippen LogP contribution in [-0.2, 0) is 20.4 Å². The van der Waals surface area contributed by atoms with Gasteiger partial charge in [0.15, 0.2) is 0 Å². The fourth-order valence-corrected chi connectivity index (χ4v) is 1.31. The number of nitrogens with zero attached hydrogens (tertiary/aromatic N) is 6. The molecule has 2 aromatic rings. The summed E-state index contributed by atoms with van der Waals surface area (Å²) < 4.78 is 0. The number of carboxylic acids is 2. The van der Waals surface area contributed by atoms with E-state index in [1.54, 1.807) is 24.3 Å². The smallest absolute Gasteiger partial charge is 0.507 e. The number of aromatic carboxylic acids is 2. The van der Waals surface area contributed by atoms with Crippen LogP contribution in [0.15, 0.2) is 48.5 Å². The first kappa shape index (κ1) is 28.1. The zero-order chi connectivity index (χ0) is 20.5. The minimum absolute atomic E-state index is 0. The van der Waals surface area contributed by atoms with E-state index in [9.17, 15) is 9.59 Å². The van der Waals surface area contributed by atoms with Gasteiger partial charge >= 0.3 is 32.4 Å². The normalized spacial score (nSPS) is 7.41. The largest absolute Gasteiger partial charge is 2.00 e. The third-order valence-electron chi connectivity index (χ3n) is 2.27. The molecule has 0 unspecified atom stereocenters. The van der Waals surface area contributed by atoms with Crippen molar-refractivity contribution in [2.75, 3.05) is 0 Å². The minimum atomic E-state index is -1.11. The van der Waals surface area contributed by atoms with E-state index in [1.165, 1.54) is 34.1 Å². The molecule has 0 atom stereocenters. The molecule has 0 aliphatic rings. The second kappa shape index (κ2) is 17.1. The molecule has 13 heteroatoms. The standard InChI is InChI=1S/2C7H6O3.2N3.Pd/c2*8-6-4-2-1-3-5(6)7(9)10;2*1-3-2;/h2*1-4,8H,(H,9,10);;;/q;;2*-1;+2. The van der Waals surface area contributed by atoms with E-state index >= 15 is 0 Å². The number of hydrogen-bond acceptors (Lipinski definition) is 4. The third kappa shape index (κ3) is 13.3. The number of aromatic hydroxyl groups is 2. The van der Waals surface area contributed by atoms with Gasteiger partial charge in [0, 0.05) is 0 Å². The van der Waals surface area contributed by atoms with Crippen molar-refractivity contribution in [3.05, 3.63) is 91.6 Å². The van der Waals surface area contributed by atoms with Gasteiger partial charge in [0.25, 0.3) is 0 Å². The van der Waals surface area contributed by atoms with Gasteiger partial charge < -0.3 is 42.6 Å². The van der Waals surface area contributed by atoms with Gasteiger partial charge in [-0.3, -0.25) is 9.82 Å². The Hall–Kier alpha value is -3.74. The average Bonchev–Trinajstić information content (AvgIpc) is 2.57. The van der Waals surface area contributed by atoms with Gasteiger partial charge in [0.05, 0.1) is 0 Å². The van der Waals surface area contributed by atoms with Crippen LogP contribution in [0.1, 0.15) is 20.7 Å². The number of para-hydroxylation sites is 2. The SMILES string of the molecule is O=C(O)c1ccccc1O.O=C(O)c1ccccc1O.[N-]=[N+]=[N-].[N-]=[N+]=[N-].[Pd+2]. The number of carbonyl (C=O) groups is 2. The van der Waals surface area contributed by atoms with Crippen LogP contribution >= 0.6 is 0 Å². The van der Waals surface area contributed by atoms with Crippen LogP contribution in [0.25, 0.3) is 31.9 Å². The van der Waals surface area contributed by atoms with Crippen molar-refractivity contribution in [1.29, 1.82) is 0 Å². The molecule has 0 saturated heterocycles. The molecule has 0 aromatic heterocycles. The summed E-state index contributed by atoms with van der Waals surface area (Å²) in [4.78, 5) is 23.5. The predicted molar refractivity (Wildman–Crippen MR) is 90.3 cm³/mol. The Balaban J connectivity index is -0.000000322. The molecular weight excluding hydrogens is 455 g/mol. The van der Waals surface area contributed by atoms with Crippen molar-refractivity contribution in [3.8, 4) is 11.5 Å². The summed E-state index contributed by atoms with van der Waals surface area (Å²) in [5.41, 5.74) is 26.9. The van der Waals surface area contributed by atoms with Gasteiger partial charge in [0.1, 0.15) is 22.6 Å². The predicted octanol–water partition coefficient (Wildman–Crippen LogP) is 3.91. The number of hydrogen-bond donors (Lipinski definition) is 4. The van der Waals surface area contributed by atoms with Crippen molar-refractivity contribution >= 4 is 11.9 Å². The summed E-state index contributed by atoms with van der Waals surface area (Å²) >= 11 is 0. The molecule has 0 radical (unpaired) electrons. The molecule has 2 aromatic carbocycles. The van der Waals surface area contributed by atoms with E-state index in [0.717, 1.165) is 0 Å². The van der Waals surface area contributed by atoms with Crippen LogP contribution in [0.3, 0.4) is 0 Å². The van der Waals surface area contributed by atoms with Crippen molar-refractivity contribution in [1.82, 2.24) is 0 Å². The molecule has 144 valence electrons. The fraction of sp³-hybridized carbons (Fsp3) is 0. The van der Waals surface area contributed by atoms with E-state index in [0.29, 0.717) is 0 Å². The number of carboxylic acid groups (broad SMARTS) is 2. The van der Waals surface area contributed by atoms with Crippen LogP contribution in [0.2, 0.25) is 0 Å². The van der Waals surface area contributed by atoms with Crippen LogP contribution in [0.5, 0.6) is 11.5 Å². The summed E-state index contributed by atoms with van der Waals surface area (Å²) in [5.74, 6) is -2.62. The van der Waals surface area contributed by atoms with Crippen molar-refractivity contribution < 1.29 is 50.4 Å². The quantitative estimate of drug-likeness (QED) is 0.221. The minimum Gasteiger partial charge on any atom is -0.507 e. The molecule has 0 bridgehead atoms. The van der Waals surface area contributed by atoms with Crippen LogP contribution < -0.4 is 0 Å². The fourth-order valence-electron chi connectivity index (χ4n) is 1.31. The first-order valence-electron chi connectivity index (χ1n) is 6.26. The van der Waals surface area contributed by atoms with E-state index in [2.05, 4.69) is 0 Å². The topological polar surface area (TPSA) is 232 Å². The molecule has 0 heterocycles. The Bertz CT molecular complexity index is 737. The maximum Gasteiger partial charge on any atom is 2.00 e. The molecule has 0 spiro atoms. The van der Waals surface area contributed by atoms with Gasteiger partial charge in [-0.05, 0) is 24.3 Å². The van der Waals surface area contributed by atoms with Gasteiger partial charge in [-0.2, -0.15) is 0 Å². The van der Waals surface area contributed by atoms with Crippen molar-refractivity contribution in [2.45, 2.75) is 0 Å². The van der Waals surface area contributed by atoms with E-state index in [1.807, 2.05) is 0 Å². The summed E-state index contributed by atoms with van der Waals surface area (Å²) in [5, 5.41) is 34.6. The Morgan fingerprint density at radius 1 is 0.667 bits per heavy atom. The molecule has 0 aliphatic heterocycles. The molecule has 27 heavy (non-hydrogen) atoms. The van der Waals surface area contributed by atoms with Gasteiger partial charge in [0.2, 0.25) is 0 Å². The zero-order valence-corrected chi connectivity index (χ0v) is 14.8. The Morgan fingerprint density at radius 2 is 0.889 bits per heavy atom. The maximum atomic E-state index is 10.3. The Kier molecular flexibility index (Phi) is 17.8. The monoisotopic (exact) mass is 466 g/mol. The molecule has 0 saturated carbocycles. The Labute approximate surface area is 165 Å². The number of phenols is 2. The summed E-state index contributed by atoms with van der Waals surface area (Å²) in [6.45, 7) is 0. The molecule has 2 rings (SSSR count). The van der Waals surface area contributed by atoms with Gasteiger partial charge in [-0.25, -0.2) is 9.59 Å². The first-order valence-corrected chi connectivity index (χ1v) is 6.26. The van der Waals surface area contributed by atoms with Crippen molar-refractivity contribution in [3.63, 3.8) is 0 Å². The molecule has 0 aliphatic carbocycles. The molecule has 12 nitrogen and oxygen atoms in total. The number of rotatable bonds is 2. The summed E-state index contributed by atoms with van der Waals surface area (Å²) in [7, 11) is 0. The van der Waals surface area contributed by atoms with Crippen LogP contribution in [0.4, 0.5) is 0 Å². The maximum absolute atomic E-state index is 10.3. The van der Waals surface area contributed by atoms with E-state index in [4.69, 9.17) is 42.6 Å². The van der Waals surface area contributed by atoms with Gasteiger partial charge in [-0.15, -0.1) is 0 Å². The molecule has 0 amide bonds.